The monoisotopic (exact) mass is 656 g/mol. The molecule has 0 saturated carbocycles. The molecule has 0 aliphatic rings. The highest BCUT2D eigenvalue weighted by Crippen LogP contribution is 2.42. The van der Waals surface area contributed by atoms with Gasteiger partial charge in [-0.2, -0.15) is 0 Å². The summed E-state index contributed by atoms with van der Waals surface area (Å²) in [6.45, 7) is 13.7. The molecule has 0 radical (unpaired) electrons. The molecule has 0 amide bonds. The second-order valence-corrected chi connectivity index (χ2v) is 14.5. The molecular formula is C48H41BN2. The molecule has 2 heterocycles. The molecular weight excluding hydrogens is 615 g/mol. The van der Waals surface area contributed by atoms with E-state index in [9.17, 15) is 0 Å². The number of benzene rings is 7. The summed E-state index contributed by atoms with van der Waals surface area (Å²) in [5.41, 5.74) is 19.4. The van der Waals surface area contributed by atoms with Crippen molar-refractivity contribution in [1.82, 2.24) is 9.13 Å². The lowest BCUT2D eigenvalue weighted by Crippen LogP contribution is -2.55. The number of aryl methyl sites for hydroxylation is 6. The first-order valence-electron chi connectivity index (χ1n) is 18.1. The lowest BCUT2D eigenvalue weighted by Gasteiger charge is -2.25. The third-order valence-corrected chi connectivity index (χ3v) is 11.0. The molecule has 3 heteroatoms. The number of hydrogen-bond donors (Lipinski definition) is 0. The summed E-state index contributed by atoms with van der Waals surface area (Å²) >= 11 is 0. The summed E-state index contributed by atoms with van der Waals surface area (Å²) < 4.78 is 4.91. The zero-order valence-electron chi connectivity index (χ0n) is 30.3. The van der Waals surface area contributed by atoms with Crippen LogP contribution in [0.2, 0.25) is 0 Å². The normalized spacial score (nSPS) is 11.7. The van der Waals surface area contributed by atoms with Gasteiger partial charge in [0.2, 0.25) is 6.71 Å². The number of hydrogen-bond acceptors (Lipinski definition) is 0. The third kappa shape index (κ3) is 4.87. The molecule has 0 N–H and O–H groups in total. The molecule has 2 nitrogen and oxygen atoms in total. The van der Waals surface area contributed by atoms with Gasteiger partial charge in [-0.3, -0.25) is 0 Å². The summed E-state index contributed by atoms with van der Waals surface area (Å²) in [4.78, 5) is 0. The minimum Gasteiger partial charge on any atom is -0.309 e. The molecule has 7 aromatic carbocycles. The van der Waals surface area contributed by atoms with Crippen molar-refractivity contribution >= 4 is 66.7 Å². The fourth-order valence-electron chi connectivity index (χ4n) is 9.24. The average Bonchev–Trinajstić information content (AvgIpc) is 3.63. The van der Waals surface area contributed by atoms with E-state index in [1.165, 1.54) is 105 Å². The maximum Gasteiger partial charge on any atom is 0.242 e. The van der Waals surface area contributed by atoms with Crippen LogP contribution < -0.4 is 16.4 Å². The summed E-state index contributed by atoms with van der Waals surface area (Å²) in [7, 11) is 0. The molecule has 0 aliphatic carbocycles. The summed E-state index contributed by atoms with van der Waals surface area (Å²) in [6, 6.07) is 51.9. The summed E-state index contributed by atoms with van der Waals surface area (Å²) in [5.74, 6) is 0. The van der Waals surface area contributed by atoms with Gasteiger partial charge in [-0.15, -0.1) is 0 Å². The molecule has 9 aromatic rings. The van der Waals surface area contributed by atoms with Crippen molar-refractivity contribution in [3.05, 3.63) is 173 Å². The van der Waals surface area contributed by atoms with E-state index in [0.717, 1.165) is 0 Å². The Bertz CT molecular complexity index is 2700. The van der Waals surface area contributed by atoms with Gasteiger partial charge in [-0.1, -0.05) is 141 Å². The topological polar surface area (TPSA) is 9.86 Å². The van der Waals surface area contributed by atoms with Crippen LogP contribution >= 0.6 is 0 Å². The summed E-state index contributed by atoms with van der Waals surface area (Å²) in [5, 5.41) is 5.14. The highest BCUT2D eigenvalue weighted by atomic mass is 15.0. The highest BCUT2D eigenvalue weighted by molar-refractivity contribution is 6.96. The highest BCUT2D eigenvalue weighted by Gasteiger charge is 2.30. The number of fused-ring (bicyclic) bond motifs is 7. The van der Waals surface area contributed by atoms with Crippen LogP contribution in [0.15, 0.2) is 140 Å². The molecule has 9 rings (SSSR count). The standard InChI is InChI=1S/C48H41BN2/c1-30-25-32(3)47(33(4)26-30)49(48-34(5)27-31(2)28-35(48)6)36-21-22-40-44(29-36)51(38-17-11-8-12-18-38)43-24-23-42-45(46(40)43)39-19-13-14-20-41(39)50(42)37-15-9-7-10-16-37/h7-29H,1-6H3. The molecule has 0 aliphatic heterocycles. The first-order valence-corrected chi connectivity index (χ1v) is 18.1. The predicted molar refractivity (Wildman–Crippen MR) is 221 cm³/mol. The largest absolute Gasteiger partial charge is 0.309 e. The van der Waals surface area contributed by atoms with Crippen molar-refractivity contribution < 1.29 is 0 Å². The van der Waals surface area contributed by atoms with E-state index in [4.69, 9.17) is 0 Å². The smallest absolute Gasteiger partial charge is 0.242 e. The van der Waals surface area contributed by atoms with E-state index in [1.807, 2.05) is 0 Å². The second kappa shape index (κ2) is 11.9. The maximum atomic E-state index is 2.49. The van der Waals surface area contributed by atoms with E-state index in [2.05, 4.69) is 190 Å². The van der Waals surface area contributed by atoms with E-state index >= 15 is 0 Å². The molecule has 2 aromatic heterocycles. The minimum absolute atomic E-state index is 0.0952. The van der Waals surface area contributed by atoms with Gasteiger partial charge in [-0.25, -0.2) is 0 Å². The Morgan fingerprint density at radius 2 is 0.804 bits per heavy atom. The van der Waals surface area contributed by atoms with Crippen molar-refractivity contribution in [1.29, 1.82) is 0 Å². The van der Waals surface area contributed by atoms with Crippen molar-refractivity contribution in [2.45, 2.75) is 41.5 Å². The minimum atomic E-state index is 0.0952. The van der Waals surface area contributed by atoms with E-state index in [1.54, 1.807) is 0 Å². The van der Waals surface area contributed by atoms with Crippen molar-refractivity contribution in [3.8, 4) is 11.4 Å². The quantitative estimate of drug-likeness (QED) is 0.163. The molecule has 0 saturated heterocycles. The zero-order valence-corrected chi connectivity index (χ0v) is 30.3. The van der Waals surface area contributed by atoms with Gasteiger partial charge >= 0.3 is 0 Å². The van der Waals surface area contributed by atoms with Crippen LogP contribution in [0, 0.1) is 41.5 Å². The average molecular weight is 657 g/mol. The Labute approximate surface area is 300 Å². The van der Waals surface area contributed by atoms with Crippen LogP contribution in [0.5, 0.6) is 0 Å². The fraction of sp³-hybridized carbons (Fsp3) is 0.125. The number of aromatic nitrogens is 2. The number of para-hydroxylation sites is 3. The number of nitrogens with zero attached hydrogens (tertiary/aromatic N) is 2. The molecule has 0 spiro atoms. The van der Waals surface area contributed by atoms with Gasteiger partial charge in [0, 0.05) is 32.9 Å². The van der Waals surface area contributed by atoms with Crippen molar-refractivity contribution in [2.24, 2.45) is 0 Å². The Morgan fingerprint density at radius 3 is 1.31 bits per heavy atom. The fourth-order valence-corrected chi connectivity index (χ4v) is 9.24. The van der Waals surface area contributed by atoms with E-state index in [0.29, 0.717) is 0 Å². The van der Waals surface area contributed by atoms with Gasteiger partial charge in [-0.05, 0) is 90.1 Å². The van der Waals surface area contributed by atoms with Gasteiger partial charge < -0.3 is 9.13 Å². The molecule has 51 heavy (non-hydrogen) atoms. The Hall–Kier alpha value is -5.80. The van der Waals surface area contributed by atoms with Gasteiger partial charge in [0.05, 0.1) is 22.1 Å². The van der Waals surface area contributed by atoms with Crippen LogP contribution in [-0.2, 0) is 0 Å². The molecule has 0 bridgehead atoms. The Balaban J connectivity index is 1.42. The van der Waals surface area contributed by atoms with E-state index in [-0.39, 0.29) is 6.71 Å². The maximum absolute atomic E-state index is 2.49. The van der Waals surface area contributed by atoms with Crippen LogP contribution in [0.1, 0.15) is 33.4 Å². The van der Waals surface area contributed by atoms with Crippen LogP contribution in [-0.4, -0.2) is 15.8 Å². The van der Waals surface area contributed by atoms with Crippen LogP contribution in [0.25, 0.3) is 55.0 Å². The summed E-state index contributed by atoms with van der Waals surface area (Å²) in [6.07, 6.45) is 0. The Kier molecular flexibility index (Phi) is 7.29. The van der Waals surface area contributed by atoms with Crippen LogP contribution in [0.3, 0.4) is 0 Å². The van der Waals surface area contributed by atoms with Crippen molar-refractivity contribution in [2.75, 3.05) is 0 Å². The lowest BCUT2D eigenvalue weighted by atomic mass is 9.34. The van der Waals surface area contributed by atoms with Crippen molar-refractivity contribution in [3.63, 3.8) is 0 Å². The van der Waals surface area contributed by atoms with Crippen LogP contribution in [0.4, 0.5) is 0 Å². The predicted octanol–water partition coefficient (Wildman–Crippen LogP) is 10.2. The molecule has 0 unspecified atom stereocenters. The first kappa shape index (κ1) is 31.2. The molecule has 0 atom stereocenters. The SMILES string of the molecule is Cc1cc(C)c(B(c2ccc3c4c5c6ccccc6n(-c6ccccc6)c5ccc4n(-c4ccccc4)c3c2)c2c(C)cc(C)cc2C)c(C)c1. The lowest BCUT2D eigenvalue weighted by molar-refractivity contribution is 1.17. The van der Waals surface area contributed by atoms with E-state index < -0.39 is 0 Å². The molecule has 0 fully saturated rings. The molecule has 246 valence electrons. The zero-order chi connectivity index (χ0) is 35.0. The number of rotatable bonds is 5. The van der Waals surface area contributed by atoms with Gasteiger partial charge in [0.1, 0.15) is 0 Å². The Morgan fingerprint density at radius 1 is 0.373 bits per heavy atom. The first-order chi connectivity index (χ1) is 24.8. The van der Waals surface area contributed by atoms with Gasteiger partial charge in [0.15, 0.2) is 0 Å². The second-order valence-electron chi connectivity index (χ2n) is 14.5. The van der Waals surface area contributed by atoms with Gasteiger partial charge in [0.25, 0.3) is 0 Å². The third-order valence-electron chi connectivity index (χ3n) is 11.0.